The average Bonchev–Trinajstić information content (AvgIpc) is 3.47. The quantitative estimate of drug-likeness (QED) is 0.290. The Balaban J connectivity index is 1.82. The van der Waals surface area contributed by atoms with Crippen LogP contribution in [0.5, 0.6) is 0 Å². The van der Waals surface area contributed by atoms with Gasteiger partial charge in [0, 0.05) is 22.1 Å². The molecule has 2 heterocycles. The largest absolute Gasteiger partial charge is 0.465 e. The molecule has 3 aromatic rings. The molecule has 0 radical (unpaired) electrons. The van der Waals surface area contributed by atoms with Crippen LogP contribution in [0.4, 0.5) is 14.5 Å². The Hall–Kier alpha value is -4.31. The maximum Gasteiger partial charge on any atom is 0.338 e. The van der Waals surface area contributed by atoms with Crippen molar-refractivity contribution in [2.45, 2.75) is 32.1 Å². The number of carbonyl (C=O) groups excluding carboxylic acids is 3. The molecule has 2 aliphatic rings. The lowest BCUT2D eigenvalue weighted by atomic mass is 9.68. The highest BCUT2D eigenvalue weighted by Crippen LogP contribution is 2.52. The predicted octanol–water partition coefficient (Wildman–Crippen LogP) is 5.55. The molecule has 5 rings (SSSR count). The lowest BCUT2D eigenvalue weighted by Gasteiger charge is -2.43. The van der Waals surface area contributed by atoms with Crippen LogP contribution in [0.3, 0.4) is 0 Å². The highest BCUT2D eigenvalue weighted by molar-refractivity contribution is 7.10. The van der Waals surface area contributed by atoms with Gasteiger partial charge in [0.1, 0.15) is 23.4 Å². The van der Waals surface area contributed by atoms with E-state index in [-0.39, 0.29) is 47.9 Å². The number of hydrogen-bond donors (Lipinski definition) is 1. The number of hydrogen-bond acceptors (Lipinski definition) is 8. The molecule has 0 spiro atoms. The van der Waals surface area contributed by atoms with Crippen molar-refractivity contribution < 1.29 is 32.6 Å². The molecule has 10 heteroatoms. The Kier molecular flexibility index (Phi) is 8.03. The topological polar surface area (TPSA) is 98.9 Å². The second-order valence-corrected chi connectivity index (χ2v) is 10.6. The molecule has 1 aliphatic heterocycles. The fourth-order valence-electron chi connectivity index (χ4n) is 5.64. The van der Waals surface area contributed by atoms with Gasteiger partial charge in [-0.05, 0) is 67.6 Å². The lowest BCUT2D eigenvalue weighted by Crippen LogP contribution is -2.46. The molecule has 0 saturated carbocycles. The van der Waals surface area contributed by atoms with Crippen LogP contribution in [0.15, 0.2) is 88.7 Å². The molecule has 0 amide bonds. The second kappa shape index (κ2) is 11.7. The van der Waals surface area contributed by atoms with E-state index in [1.807, 2.05) is 17.5 Å². The maximum atomic E-state index is 14.6. The van der Waals surface area contributed by atoms with Crippen LogP contribution in [0.25, 0.3) is 0 Å². The number of halogens is 2. The SMILES string of the molecule is CCOC(=O)C1=C(N)N(c2cccc(F)c2)C2=C(C(=O)[C@@H](C(=O)OCC)[C@H](c3cccs3)C2)[C@@H]1c1cccc(F)c1. The van der Waals surface area contributed by atoms with Crippen molar-refractivity contribution in [1.29, 1.82) is 0 Å². The molecular formula is C31H28F2N2O5S. The van der Waals surface area contributed by atoms with Crippen LogP contribution < -0.4 is 10.6 Å². The number of carbonyl (C=O) groups is 3. The molecule has 0 unspecified atom stereocenters. The Morgan fingerprint density at radius 3 is 2.34 bits per heavy atom. The number of esters is 2. The van der Waals surface area contributed by atoms with Crippen molar-refractivity contribution in [3.05, 3.63) is 111 Å². The third-order valence-corrected chi connectivity index (χ3v) is 8.24. The van der Waals surface area contributed by atoms with E-state index in [1.54, 1.807) is 26.0 Å². The summed E-state index contributed by atoms with van der Waals surface area (Å²) >= 11 is 1.39. The summed E-state index contributed by atoms with van der Waals surface area (Å²) in [6.45, 7) is 3.35. The fourth-order valence-corrected chi connectivity index (χ4v) is 6.50. The van der Waals surface area contributed by atoms with E-state index in [4.69, 9.17) is 15.2 Å². The zero-order chi connectivity index (χ0) is 29.3. The number of thiophene rings is 1. The Labute approximate surface area is 239 Å². The molecule has 0 bridgehead atoms. The standard InChI is InChI=1S/C31H28F2N2O5S/c1-3-39-30(37)25-21(23-12-7-13-41-23)16-22-26(28(25)36)24(17-8-5-9-18(32)14-17)27(31(38)40-4-2)29(34)35(22)20-11-6-10-19(33)15-20/h5-15,21,24-25H,3-4,16,34H2,1-2H3/t21-,24-,25-/m0/s1. The molecular weight excluding hydrogens is 550 g/mol. The first-order valence-electron chi connectivity index (χ1n) is 13.2. The van der Waals surface area contributed by atoms with E-state index in [2.05, 4.69) is 0 Å². The molecule has 2 aromatic carbocycles. The summed E-state index contributed by atoms with van der Waals surface area (Å²) in [6, 6.07) is 14.8. The van der Waals surface area contributed by atoms with Gasteiger partial charge < -0.3 is 15.2 Å². The van der Waals surface area contributed by atoms with Crippen molar-refractivity contribution in [2.75, 3.05) is 18.1 Å². The van der Waals surface area contributed by atoms with Crippen LogP contribution in [-0.2, 0) is 23.9 Å². The maximum absolute atomic E-state index is 14.6. The minimum absolute atomic E-state index is 0.0111. The minimum atomic E-state index is -1.22. The molecule has 1 aliphatic carbocycles. The van der Waals surface area contributed by atoms with Crippen LogP contribution in [-0.4, -0.2) is 30.9 Å². The van der Waals surface area contributed by atoms with Crippen molar-refractivity contribution >= 4 is 34.7 Å². The first-order chi connectivity index (χ1) is 19.8. The van der Waals surface area contributed by atoms with Gasteiger partial charge in [-0.1, -0.05) is 24.3 Å². The third-order valence-electron chi connectivity index (χ3n) is 7.23. The number of nitrogens with two attached hydrogens (primary N) is 1. The predicted molar refractivity (Wildman–Crippen MR) is 150 cm³/mol. The first kappa shape index (κ1) is 28.2. The Bertz CT molecular complexity index is 1570. The van der Waals surface area contributed by atoms with Gasteiger partial charge in [-0.25, -0.2) is 13.6 Å². The van der Waals surface area contributed by atoms with E-state index < -0.39 is 47.1 Å². The molecule has 0 saturated heterocycles. The Morgan fingerprint density at radius 2 is 1.71 bits per heavy atom. The number of ether oxygens (including phenoxy) is 2. The van der Waals surface area contributed by atoms with Crippen LogP contribution in [0, 0.1) is 17.6 Å². The van der Waals surface area contributed by atoms with E-state index in [9.17, 15) is 23.2 Å². The number of benzene rings is 2. The summed E-state index contributed by atoms with van der Waals surface area (Å²) in [6.07, 6.45) is 0.143. The highest BCUT2D eigenvalue weighted by atomic mass is 32.1. The van der Waals surface area contributed by atoms with Crippen molar-refractivity contribution in [1.82, 2.24) is 0 Å². The molecule has 1 aromatic heterocycles. The first-order valence-corrected chi connectivity index (χ1v) is 14.1. The number of rotatable bonds is 7. The minimum Gasteiger partial charge on any atom is -0.465 e. The van der Waals surface area contributed by atoms with Gasteiger partial charge in [-0.2, -0.15) is 0 Å². The van der Waals surface area contributed by atoms with Gasteiger partial charge in [-0.3, -0.25) is 14.5 Å². The van der Waals surface area contributed by atoms with Crippen LogP contribution >= 0.6 is 11.3 Å². The third kappa shape index (κ3) is 5.15. The summed E-state index contributed by atoms with van der Waals surface area (Å²) in [4.78, 5) is 43.7. The summed E-state index contributed by atoms with van der Waals surface area (Å²) in [5.41, 5.74) is 7.65. The molecule has 2 N–H and O–H groups in total. The number of allylic oxidation sites excluding steroid dienone is 2. The summed E-state index contributed by atoms with van der Waals surface area (Å²) < 4.78 is 39.8. The molecule has 0 fully saturated rings. The zero-order valence-electron chi connectivity index (χ0n) is 22.4. The number of nitrogens with zero attached hydrogens (tertiary/aromatic N) is 1. The average molecular weight is 579 g/mol. The zero-order valence-corrected chi connectivity index (χ0v) is 23.3. The van der Waals surface area contributed by atoms with Crippen LogP contribution in [0.2, 0.25) is 0 Å². The summed E-state index contributed by atoms with van der Waals surface area (Å²) in [5.74, 6) is -6.27. The van der Waals surface area contributed by atoms with Crippen LogP contribution in [0.1, 0.15) is 42.5 Å². The number of Topliss-reactive ketones (excluding diaryl/α,β-unsaturated/α-hetero) is 1. The molecule has 212 valence electrons. The van der Waals surface area contributed by atoms with Gasteiger partial charge in [0.25, 0.3) is 0 Å². The van der Waals surface area contributed by atoms with E-state index in [0.717, 1.165) is 4.88 Å². The van der Waals surface area contributed by atoms with Gasteiger partial charge >= 0.3 is 11.9 Å². The van der Waals surface area contributed by atoms with Crippen molar-refractivity contribution in [3.63, 3.8) is 0 Å². The molecule has 7 nitrogen and oxygen atoms in total. The summed E-state index contributed by atoms with van der Waals surface area (Å²) in [5, 5.41) is 1.85. The van der Waals surface area contributed by atoms with E-state index in [0.29, 0.717) is 5.70 Å². The normalized spacial score (nSPS) is 20.6. The summed E-state index contributed by atoms with van der Waals surface area (Å²) in [7, 11) is 0. The van der Waals surface area contributed by atoms with Gasteiger partial charge in [-0.15, -0.1) is 11.3 Å². The lowest BCUT2D eigenvalue weighted by molar-refractivity contribution is -0.152. The van der Waals surface area contributed by atoms with E-state index in [1.165, 1.54) is 52.6 Å². The highest BCUT2D eigenvalue weighted by Gasteiger charge is 2.51. The monoisotopic (exact) mass is 578 g/mol. The smallest absolute Gasteiger partial charge is 0.338 e. The van der Waals surface area contributed by atoms with Gasteiger partial charge in [0.2, 0.25) is 0 Å². The molecule has 41 heavy (non-hydrogen) atoms. The molecule has 3 atom stereocenters. The van der Waals surface area contributed by atoms with Crippen molar-refractivity contribution in [3.8, 4) is 0 Å². The van der Waals surface area contributed by atoms with Gasteiger partial charge in [0.05, 0.1) is 30.4 Å². The van der Waals surface area contributed by atoms with Crippen molar-refractivity contribution in [2.24, 2.45) is 11.7 Å². The Morgan fingerprint density at radius 1 is 1.00 bits per heavy atom. The second-order valence-electron chi connectivity index (χ2n) is 9.60. The van der Waals surface area contributed by atoms with Gasteiger partial charge in [0.15, 0.2) is 5.78 Å². The number of ketones is 1. The number of anilines is 1. The van der Waals surface area contributed by atoms with E-state index >= 15 is 0 Å². The fraction of sp³-hybridized carbons (Fsp3) is 0.258.